The number of pyridine rings is 1. The molecule has 4 aromatic heterocycles. The fourth-order valence-corrected chi connectivity index (χ4v) is 5.12. The van der Waals surface area contributed by atoms with Gasteiger partial charge in [-0.05, 0) is 56.8 Å². The highest BCUT2D eigenvalue weighted by Gasteiger charge is 2.26. The van der Waals surface area contributed by atoms with Gasteiger partial charge in [0, 0.05) is 37.3 Å². The minimum Gasteiger partial charge on any atom is -0.352 e. The van der Waals surface area contributed by atoms with Crippen molar-refractivity contribution in [2.75, 3.05) is 33.7 Å². The van der Waals surface area contributed by atoms with Gasteiger partial charge in [-0.3, -0.25) is 9.69 Å². The Balaban J connectivity index is 1.49. The van der Waals surface area contributed by atoms with Crippen molar-refractivity contribution >= 4 is 22.6 Å². The van der Waals surface area contributed by atoms with Crippen molar-refractivity contribution in [1.29, 1.82) is 0 Å². The number of aromatic nitrogens is 6. The molecular weight excluding hydrogens is 440 g/mol. The van der Waals surface area contributed by atoms with Crippen LogP contribution in [0.2, 0.25) is 0 Å². The molecule has 1 fully saturated rings. The van der Waals surface area contributed by atoms with Crippen LogP contribution in [-0.2, 0) is 4.79 Å². The minimum absolute atomic E-state index is 0.150. The number of likely N-dealkylation sites (tertiary alicyclic amines) is 1. The number of amides is 1. The van der Waals surface area contributed by atoms with E-state index in [2.05, 4.69) is 53.9 Å². The van der Waals surface area contributed by atoms with E-state index in [0.29, 0.717) is 12.5 Å². The number of H-pyrrole nitrogens is 1. The van der Waals surface area contributed by atoms with Gasteiger partial charge < -0.3 is 9.88 Å². The minimum atomic E-state index is 0.150. The fourth-order valence-electron chi connectivity index (χ4n) is 5.12. The predicted molar refractivity (Wildman–Crippen MR) is 137 cm³/mol. The molecule has 0 aromatic carbocycles. The summed E-state index contributed by atoms with van der Waals surface area (Å²) in [6, 6.07) is 0. The van der Waals surface area contributed by atoms with E-state index < -0.39 is 0 Å². The molecule has 0 unspecified atom stereocenters. The van der Waals surface area contributed by atoms with Crippen LogP contribution < -0.4 is 0 Å². The van der Waals surface area contributed by atoms with Crippen LogP contribution in [0.25, 0.3) is 27.9 Å². The van der Waals surface area contributed by atoms with E-state index >= 15 is 0 Å². The molecule has 184 valence electrons. The van der Waals surface area contributed by atoms with Crippen molar-refractivity contribution in [3.63, 3.8) is 0 Å². The first-order chi connectivity index (χ1) is 16.7. The Kier molecular flexibility index (Phi) is 6.04. The molecule has 9 heteroatoms. The third-order valence-corrected chi connectivity index (χ3v) is 7.37. The Hall–Kier alpha value is -3.33. The molecule has 0 aliphatic carbocycles. The number of piperidine rings is 1. The Morgan fingerprint density at radius 2 is 1.91 bits per heavy atom. The lowest BCUT2D eigenvalue weighted by Crippen LogP contribution is -2.40. The van der Waals surface area contributed by atoms with Crippen molar-refractivity contribution in [1.82, 2.24) is 39.3 Å². The summed E-state index contributed by atoms with van der Waals surface area (Å²) in [6.45, 7) is 10.9. The maximum atomic E-state index is 12.1. The Bertz CT molecular complexity index is 1390. The predicted octanol–water partition coefficient (Wildman–Crippen LogP) is 3.68. The highest BCUT2D eigenvalue weighted by Crippen LogP contribution is 2.38. The van der Waals surface area contributed by atoms with E-state index in [9.17, 15) is 4.79 Å². The number of nitrogens with zero attached hydrogens (tertiary/aromatic N) is 7. The van der Waals surface area contributed by atoms with Crippen molar-refractivity contribution in [2.24, 2.45) is 0 Å². The molecular formula is C26H34N8O. The van der Waals surface area contributed by atoms with Gasteiger partial charge in [0.25, 0.3) is 0 Å². The van der Waals surface area contributed by atoms with E-state index in [-0.39, 0.29) is 11.8 Å². The van der Waals surface area contributed by atoms with E-state index in [1.54, 1.807) is 11.2 Å². The lowest BCUT2D eigenvalue weighted by molar-refractivity contribution is -0.130. The normalized spacial score (nSPS) is 15.5. The van der Waals surface area contributed by atoms with E-state index in [1.165, 1.54) is 11.1 Å². The van der Waals surface area contributed by atoms with Crippen LogP contribution in [-0.4, -0.2) is 79.0 Å². The standard InChI is InChI=1S/C26H34N8O/c1-15(2)22-23(19-12-34-26(28-14-29-34)17(4)16(19)3)30-20-11-27-25(31-24(20)22)18-7-9-33(10-8-18)13-21(35)32(5)6/h11-12,14-15,18,30H,7-10,13H2,1-6H3. The lowest BCUT2D eigenvalue weighted by atomic mass is 9.94. The molecule has 5 rings (SSSR count). The van der Waals surface area contributed by atoms with Crippen LogP contribution in [0.1, 0.15) is 61.0 Å². The summed E-state index contributed by atoms with van der Waals surface area (Å²) in [4.78, 5) is 33.9. The highest BCUT2D eigenvalue weighted by atomic mass is 16.2. The average Bonchev–Trinajstić information content (AvgIpc) is 3.46. The fraction of sp³-hybridized carbons (Fsp3) is 0.500. The van der Waals surface area contributed by atoms with Gasteiger partial charge in [-0.25, -0.2) is 19.5 Å². The number of carbonyl (C=O) groups is 1. The monoisotopic (exact) mass is 474 g/mol. The van der Waals surface area contributed by atoms with Gasteiger partial charge in [-0.2, -0.15) is 5.10 Å². The van der Waals surface area contributed by atoms with Crippen molar-refractivity contribution in [3.8, 4) is 11.3 Å². The summed E-state index contributed by atoms with van der Waals surface area (Å²) in [7, 11) is 3.62. The SMILES string of the molecule is Cc1c(-c2[nH]c3cnc(C4CCN(CC(=O)N(C)C)CC4)nc3c2C(C)C)cn2ncnc2c1C. The first-order valence-electron chi connectivity index (χ1n) is 12.4. The van der Waals surface area contributed by atoms with Crippen LogP contribution in [0.5, 0.6) is 0 Å². The molecule has 1 N–H and O–H groups in total. The Morgan fingerprint density at radius 3 is 2.60 bits per heavy atom. The summed E-state index contributed by atoms with van der Waals surface area (Å²) in [5, 5.41) is 4.38. The number of likely N-dealkylation sites (N-methyl/N-ethyl adjacent to an activating group) is 1. The molecule has 0 radical (unpaired) electrons. The second-order valence-electron chi connectivity index (χ2n) is 10.2. The number of hydrogen-bond acceptors (Lipinski definition) is 6. The zero-order valence-corrected chi connectivity index (χ0v) is 21.5. The number of fused-ring (bicyclic) bond motifs is 2. The maximum Gasteiger partial charge on any atom is 0.236 e. The van der Waals surface area contributed by atoms with Crippen LogP contribution in [0, 0.1) is 13.8 Å². The number of hydrogen-bond donors (Lipinski definition) is 1. The number of carbonyl (C=O) groups excluding carboxylic acids is 1. The molecule has 0 atom stereocenters. The zero-order valence-electron chi connectivity index (χ0n) is 21.5. The second-order valence-corrected chi connectivity index (χ2v) is 10.2. The van der Waals surface area contributed by atoms with Crippen LogP contribution in [0.15, 0.2) is 18.7 Å². The second kappa shape index (κ2) is 9.03. The van der Waals surface area contributed by atoms with Gasteiger partial charge in [0.05, 0.1) is 29.5 Å². The molecule has 1 aliphatic rings. The average molecular weight is 475 g/mol. The molecule has 9 nitrogen and oxygen atoms in total. The number of aryl methyl sites for hydroxylation is 1. The first-order valence-corrected chi connectivity index (χ1v) is 12.4. The van der Waals surface area contributed by atoms with Crippen LogP contribution >= 0.6 is 0 Å². The summed E-state index contributed by atoms with van der Waals surface area (Å²) in [5.41, 5.74) is 8.55. The molecule has 0 bridgehead atoms. The Morgan fingerprint density at radius 1 is 1.17 bits per heavy atom. The quantitative estimate of drug-likeness (QED) is 0.474. The smallest absolute Gasteiger partial charge is 0.236 e. The number of aromatic amines is 1. The molecule has 0 saturated carbocycles. The van der Waals surface area contributed by atoms with E-state index in [1.807, 2.05) is 24.8 Å². The number of rotatable bonds is 5. The molecule has 0 spiro atoms. The van der Waals surface area contributed by atoms with Crippen molar-refractivity contribution in [3.05, 3.63) is 41.2 Å². The van der Waals surface area contributed by atoms with Crippen molar-refractivity contribution < 1.29 is 4.79 Å². The zero-order chi connectivity index (χ0) is 24.9. The molecule has 1 amide bonds. The molecule has 1 saturated heterocycles. The van der Waals surface area contributed by atoms with Gasteiger partial charge >= 0.3 is 0 Å². The van der Waals surface area contributed by atoms with E-state index in [4.69, 9.17) is 9.97 Å². The highest BCUT2D eigenvalue weighted by molar-refractivity contribution is 5.89. The summed E-state index contributed by atoms with van der Waals surface area (Å²) < 4.78 is 1.85. The third kappa shape index (κ3) is 4.18. The van der Waals surface area contributed by atoms with Gasteiger partial charge in [0.2, 0.25) is 5.91 Å². The third-order valence-electron chi connectivity index (χ3n) is 7.37. The summed E-state index contributed by atoms with van der Waals surface area (Å²) in [6.07, 6.45) is 7.51. The van der Waals surface area contributed by atoms with Gasteiger partial charge in [-0.15, -0.1) is 0 Å². The van der Waals surface area contributed by atoms with Gasteiger partial charge in [0.15, 0.2) is 5.65 Å². The Labute approximate surface area is 205 Å². The van der Waals surface area contributed by atoms with Gasteiger partial charge in [-0.1, -0.05) is 13.8 Å². The topological polar surface area (TPSA) is 95.3 Å². The van der Waals surface area contributed by atoms with Crippen LogP contribution in [0.4, 0.5) is 0 Å². The van der Waals surface area contributed by atoms with Gasteiger partial charge in [0.1, 0.15) is 12.2 Å². The number of nitrogens with one attached hydrogen (secondary N) is 1. The van der Waals surface area contributed by atoms with E-state index in [0.717, 1.165) is 65.3 Å². The first kappa shape index (κ1) is 23.4. The lowest BCUT2D eigenvalue weighted by Gasteiger charge is -2.31. The molecule has 35 heavy (non-hydrogen) atoms. The largest absolute Gasteiger partial charge is 0.352 e. The van der Waals surface area contributed by atoms with Crippen molar-refractivity contribution in [2.45, 2.75) is 52.4 Å². The van der Waals surface area contributed by atoms with Crippen LogP contribution in [0.3, 0.4) is 0 Å². The summed E-state index contributed by atoms with van der Waals surface area (Å²) in [5.74, 6) is 1.64. The molecule has 5 heterocycles. The maximum absolute atomic E-state index is 12.1. The molecule has 1 aliphatic heterocycles. The molecule has 4 aromatic rings. The summed E-state index contributed by atoms with van der Waals surface area (Å²) >= 11 is 0.